The molecule has 188 valence electrons. The summed E-state index contributed by atoms with van der Waals surface area (Å²) in [5.74, 6) is 1.01. The summed E-state index contributed by atoms with van der Waals surface area (Å²) in [6.45, 7) is 4.19. The number of aryl methyl sites for hydroxylation is 1. The highest BCUT2D eigenvalue weighted by Gasteiger charge is 2.17. The lowest BCUT2D eigenvalue weighted by Gasteiger charge is -2.24. The zero-order valence-corrected chi connectivity index (χ0v) is 21.9. The van der Waals surface area contributed by atoms with Crippen LogP contribution in [0.4, 0.5) is 0 Å². The van der Waals surface area contributed by atoms with Crippen LogP contribution in [0, 0.1) is 6.92 Å². The molecular formula is C25H38Cl2N6O. The van der Waals surface area contributed by atoms with E-state index in [9.17, 15) is 4.79 Å². The quantitative estimate of drug-likeness (QED) is 0.317. The van der Waals surface area contributed by atoms with E-state index in [0.717, 1.165) is 31.5 Å². The lowest BCUT2D eigenvalue weighted by Crippen LogP contribution is -2.36. The predicted octanol–water partition coefficient (Wildman–Crippen LogP) is 5.85. The van der Waals surface area contributed by atoms with Crippen molar-refractivity contribution >= 4 is 40.3 Å². The molecule has 0 aromatic carbocycles. The van der Waals surface area contributed by atoms with Crippen LogP contribution in [0.2, 0.25) is 10.4 Å². The van der Waals surface area contributed by atoms with Crippen LogP contribution in [0.15, 0.2) is 11.6 Å². The lowest BCUT2D eigenvalue weighted by atomic mass is 10.0. The molecule has 0 bridgehead atoms. The van der Waals surface area contributed by atoms with Gasteiger partial charge in [0.25, 0.3) is 0 Å². The molecule has 2 aromatic rings. The number of imidazole rings is 1. The van der Waals surface area contributed by atoms with Crippen LogP contribution in [-0.4, -0.2) is 50.0 Å². The molecule has 1 amide bonds. The SMILES string of the molecule is Cc1nc2nc(Cl)nc(Cl)c2n1C/C=C1/CCCCCCCCCCCCC(=O)N(CCN)C1. The fourth-order valence-corrected chi connectivity index (χ4v) is 5.13. The van der Waals surface area contributed by atoms with Gasteiger partial charge >= 0.3 is 0 Å². The van der Waals surface area contributed by atoms with Gasteiger partial charge in [0.15, 0.2) is 10.8 Å². The molecule has 0 spiro atoms. The van der Waals surface area contributed by atoms with E-state index >= 15 is 0 Å². The van der Waals surface area contributed by atoms with Crippen molar-refractivity contribution in [2.24, 2.45) is 5.73 Å². The Hall–Kier alpha value is -1.70. The molecular weight excluding hydrogens is 471 g/mol. The van der Waals surface area contributed by atoms with Gasteiger partial charge in [-0.15, -0.1) is 0 Å². The molecule has 34 heavy (non-hydrogen) atoms. The topological polar surface area (TPSA) is 89.9 Å². The molecule has 9 heteroatoms. The van der Waals surface area contributed by atoms with E-state index in [1.54, 1.807) is 0 Å². The summed E-state index contributed by atoms with van der Waals surface area (Å²) >= 11 is 12.3. The predicted molar refractivity (Wildman–Crippen MR) is 139 cm³/mol. The minimum Gasteiger partial charge on any atom is -0.337 e. The number of hydrogen-bond donors (Lipinski definition) is 1. The van der Waals surface area contributed by atoms with Crippen LogP contribution in [-0.2, 0) is 11.3 Å². The Morgan fingerprint density at radius 3 is 2.18 bits per heavy atom. The molecule has 2 aromatic heterocycles. The zero-order valence-electron chi connectivity index (χ0n) is 20.4. The first-order valence-corrected chi connectivity index (χ1v) is 13.5. The summed E-state index contributed by atoms with van der Waals surface area (Å²) in [5.41, 5.74) is 8.30. The van der Waals surface area contributed by atoms with Crippen LogP contribution < -0.4 is 5.73 Å². The van der Waals surface area contributed by atoms with Gasteiger partial charge in [-0.1, -0.05) is 74.6 Å². The second-order valence-electron chi connectivity index (χ2n) is 9.23. The number of rotatable bonds is 4. The third kappa shape index (κ3) is 7.92. The molecule has 0 unspecified atom stereocenters. The smallest absolute Gasteiger partial charge is 0.225 e. The number of allylic oxidation sites excluding steroid dienone is 1. The van der Waals surface area contributed by atoms with Gasteiger partial charge in [-0.25, -0.2) is 9.97 Å². The minimum atomic E-state index is 0.0916. The molecule has 0 radical (unpaired) electrons. The van der Waals surface area contributed by atoms with Crippen molar-refractivity contribution in [3.8, 4) is 0 Å². The summed E-state index contributed by atoms with van der Waals surface area (Å²) in [5, 5.41) is 0.390. The number of nitrogens with two attached hydrogens (primary N) is 1. The van der Waals surface area contributed by atoms with E-state index in [0.29, 0.717) is 48.9 Å². The van der Waals surface area contributed by atoms with Gasteiger partial charge < -0.3 is 15.2 Å². The summed E-state index contributed by atoms with van der Waals surface area (Å²) in [6.07, 6.45) is 16.0. The van der Waals surface area contributed by atoms with Crippen molar-refractivity contribution in [3.05, 3.63) is 27.9 Å². The van der Waals surface area contributed by atoms with E-state index in [2.05, 4.69) is 21.0 Å². The van der Waals surface area contributed by atoms with Crippen molar-refractivity contribution < 1.29 is 4.79 Å². The number of carbonyl (C=O) groups is 1. The maximum Gasteiger partial charge on any atom is 0.225 e. The molecule has 0 atom stereocenters. The van der Waals surface area contributed by atoms with Gasteiger partial charge in [0, 0.05) is 32.6 Å². The summed E-state index contributed by atoms with van der Waals surface area (Å²) < 4.78 is 2.01. The van der Waals surface area contributed by atoms with Crippen molar-refractivity contribution in [2.45, 2.75) is 90.5 Å². The van der Waals surface area contributed by atoms with Crippen molar-refractivity contribution in [1.82, 2.24) is 24.4 Å². The van der Waals surface area contributed by atoms with Gasteiger partial charge in [-0.05, 0) is 37.8 Å². The molecule has 2 N–H and O–H groups in total. The number of hydrogen-bond acceptors (Lipinski definition) is 5. The molecule has 1 saturated heterocycles. The number of halogens is 2. The average Bonchev–Trinajstić information content (AvgIpc) is 3.11. The molecule has 7 nitrogen and oxygen atoms in total. The lowest BCUT2D eigenvalue weighted by molar-refractivity contribution is -0.130. The Kier molecular flexibility index (Phi) is 11.1. The summed E-state index contributed by atoms with van der Waals surface area (Å²) in [4.78, 5) is 27.7. The maximum atomic E-state index is 13.0. The minimum absolute atomic E-state index is 0.0916. The number of carbonyl (C=O) groups excluding carboxylic acids is 1. The molecule has 0 aliphatic carbocycles. The van der Waals surface area contributed by atoms with Crippen LogP contribution in [0.3, 0.4) is 0 Å². The molecule has 1 aliphatic heterocycles. The first-order valence-electron chi connectivity index (χ1n) is 12.7. The normalized spacial score (nSPS) is 19.2. The van der Waals surface area contributed by atoms with Crippen molar-refractivity contribution in [1.29, 1.82) is 0 Å². The van der Waals surface area contributed by atoms with Gasteiger partial charge in [0.05, 0.1) is 0 Å². The number of aromatic nitrogens is 4. The Morgan fingerprint density at radius 1 is 0.912 bits per heavy atom. The first-order chi connectivity index (χ1) is 16.5. The van der Waals surface area contributed by atoms with E-state index < -0.39 is 0 Å². The number of amides is 1. The summed E-state index contributed by atoms with van der Waals surface area (Å²) in [6, 6.07) is 0. The number of fused-ring (bicyclic) bond motifs is 1. The highest BCUT2D eigenvalue weighted by molar-refractivity contribution is 6.35. The monoisotopic (exact) mass is 508 g/mol. The number of nitrogens with zero attached hydrogens (tertiary/aromatic N) is 5. The van der Waals surface area contributed by atoms with Gasteiger partial charge in [0.2, 0.25) is 11.2 Å². The fourth-order valence-electron chi connectivity index (χ4n) is 4.66. The molecule has 1 aliphatic rings. The van der Waals surface area contributed by atoms with E-state index in [-0.39, 0.29) is 11.2 Å². The zero-order chi connectivity index (χ0) is 24.3. The third-order valence-electron chi connectivity index (χ3n) is 6.57. The molecule has 3 heterocycles. The van der Waals surface area contributed by atoms with Crippen LogP contribution in [0.5, 0.6) is 0 Å². The van der Waals surface area contributed by atoms with E-state index in [1.165, 1.54) is 50.5 Å². The Balaban J connectivity index is 1.80. The van der Waals surface area contributed by atoms with Crippen molar-refractivity contribution in [2.75, 3.05) is 19.6 Å². The largest absolute Gasteiger partial charge is 0.337 e. The van der Waals surface area contributed by atoms with Crippen molar-refractivity contribution in [3.63, 3.8) is 0 Å². The molecule has 3 rings (SSSR count). The average molecular weight is 510 g/mol. The molecule has 0 saturated carbocycles. The van der Waals surface area contributed by atoms with E-state index in [1.807, 2.05) is 16.4 Å². The van der Waals surface area contributed by atoms with Gasteiger partial charge in [-0.3, -0.25) is 4.79 Å². The van der Waals surface area contributed by atoms with Gasteiger partial charge in [0.1, 0.15) is 11.3 Å². The van der Waals surface area contributed by atoms with Crippen LogP contribution in [0.25, 0.3) is 11.2 Å². The highest BCUT2D eigenvalue weighted by Crippen LogP contribution is 2.24. The second-order valence-corrected chi connectivity index (χ2v) is 9.92. The summed E-state index contributed by atoms with van der Waals surface area (Å²) in [7, 11) is 0. The van der Waals surface area contributed by atoms with Gasteiger partial charge in [-0.2, -0.15) is 4.98 Å². The Labute approximate surface area is 213 Å². The second kappa shape index (κ2) is 14.0. The first kappa shape index (κ1) is 26.9. The highest BCUT2D eigenvalue weighted by atomic mass is 35.5. The van der Waals surface area contributed by atoms with E-state index in [4.69, 9.17) is 28.9 Å². The maximum absolute atomic E-state index is 13.0. The fraction of sp³-hybridized carbons (Fsp3) is 0.680. The van der Waals surface area contributed by atoms with Crippen LogP contribution in [0.1, 0.15) is 82.9 Å². The standard InChI is InChI=1S/C25H38Cl2N6O/c1-19-29-24-22(23(26)30-25(27)31-24)33(19)16-14-20-12-10-8-6-4-2-3-5-7-9-11-13-21(34)32(18-20)17-15-28/h14H,2-13,15-18,28H2,1H3/b20-14-. The third-order valence-corrected chi connectivity index (χ3v) is 7.00. The Morgan fingerprint density at radius 2 is 1.53 bits per heavy atom. The Bertz CT molecular complexity index is 974. The molecule has 1 fully saturated rings. The van der Waals surface area contributed by atoms with Crippen LogP contribution >= 0.6 is 23.2 Å².